The zero-order chi connectivity index (χ0) is 23.2. The average Bonchev–Trinajstić information content (AvgIpc) is 3.39. The van der Waals surface area contributed by atoms with Crippen LogP contribution in [0, 0.1) is 18.7 Å². The summed E-state index contributed by atoms with van der Waals surface area (Å²) in [4.78, 5) is 18.6. The molecule has 2 aliphatic rings. The molecular weight excluding hydrogens is 467 g/mol. The second-order valence-electron chi connectivity index (χ2n) is 8.43. The number of thiophene rings is 1. The molecule has 8 nitrogen and oxygen atoms in total. The summed E-state index contributed by atoms with van der Waals surface area (Å²) in [6.45, 7) is 2.11. The number of nitrogens with zero attached hydrogens (tertiary/aromatic N) is 3. The summed E-state index contributed by atoms with van der Waals surface area (Å²) in [5.74, 6) is -0.172. The molecule has 3 aromatic rings. The Kier molecular flexibility index (Phi) is 5.79. The van der Waals surface area contributed by atoms with Crippen LogP contribution in [-0.4, -0.2) is 41.9 Å². The Morgan fingerprint density at radius 1 is 1.27 bits per heavy atom. The molecule has 1 saturated heterocycles. The third-order valence-corrected chi connectivity index (χ3v) is 9.13. The Hall–Kier alpha value is -2.63. The van der Waals surface area contributed by atoms with E-state index in [-0.39, 0.29) is 23.0 Å². The lowest BCUT2D eigenvalue weighted by molar-refractivity contribution is -0.120. The van der Waals surface area contributed by atoms with E-state index in [0.29, 0.717) is 46.8 Å². The van der Waals surface area contributed by atoms with Gasteiger partial charge in [0.15, 0.2) is 0 Å². The number of para-hydroxylation sites is 1. The molecule has 1 aliphatic heterocycles. The van der Waals surface area contributed by atoms with Gasteiger partial charge in [0.1, 0.15) is 5.82 Å². The van der Waals surface area contributed by atoms with Crippen molar-refractivity contribution in [2.45, 2.75) is 43.4 Å². The highest BCUT2D eigenvalue weighted by atomic mass is 32.2. The molecule has 5 rings (SSSR count). The van der Waals surface area contributed by atoms with Crippen molar-refractivity contribution in [3.05, 3.63) is 46.9 Å². The summed E-state index contributed by atoms with van der Waals surface area (Å²) < 4.78 is 47.4. The highest BCUT2D eigenvalue weighted by Gasteiger charge is 2.36. The van der Waals surface area contributed by atoms with Gasteiger partial charge in [0.05, 0.1) is 21.4 Å². The standard InChI is InChI=1S/C22H23FN4O4S2/c1-13-19(11-18(32-13)20-25-22(31-26-20)14-8-9-14)33(29,30)27-10-4-5-15(12-27)21(28)24-17-7-3-2-6-16(17)23/h2-3,6-7,11,14-15H,4-5,8-10,12H2,1H3,(H,24,28). The SMILES string of the molecule is Cc1sc(-c2noc(C3CC3)n2)cc1S(=O)(=O)N1CCCC(C(=O)Nc2ccccc2F)C1. The van der Waals surface area contributed by atoms with E-state index in [1.807, 2.05) is 0 Å². The molecule has 1 amide bonds. The van der Waals surface area contributed by atoms with Crippen LogP contribution < -0.4 is 5.32 Å². The lowest BCUT2D eigenvalue weighted by atomic mass is 9.98. The fraction of sp³-hybridized carbons (Fsp3) is 0.409. The molecule has 1 atom stereocenters. The maximum absolute atomic E-state index is 13.9. The summed E-state index contributed by atoms with van der Waals surface area (Å²) in [6, 6.07) is 7.50. The summed E-state index contributed by atoms with van der Waals surface area (Å²) in [7, 11) is -3.82. The number of aromatic nitrogens is 2. The quantitative estimate of drug-likeness (QED) is 0.556. The first-order chi connectivity index (χ1) is 15.8. The van der Waals surface area contributed by atoms with E-state index in [1.165, 1.54) is 27.8 Å². The number of carbonyl (C=O) groups excluding carboxylic acids is 1. The first-order valence-electron chi connectivity index (χ1n) is 10.8. The van der Waals surface area contributed by atoms with E-state index in [4.69, 9.17) is 4.52 Å². The second kappa shape index (κ2) is 8.62. The van der Waals surface area contributed by atoms with Crippen LogP contribution in [0.3, 0.4) is 0 Å². The van der Waals surface area contributed by atoms with Gasteiger partial charge in [-0.25, -0.2) is 12.8 Å². The number of carbonyl (C=O) groups is 1. The van der Waals surface area contributed by atoms with Gasteiger partial charge in [0.2, 0.25) is 27.6 Å². The molecule has 1 saturated carbocycles. The Labute approximate surface area is 194 Å². The smallest absolute Gasteiger partial charge is 0.244 e. The molecule has 0 spiro atoms. The molecule has 1 unspecified atom stereocenters. The molecule has 3 heterocycles. The molecule has 33 heavy (non-hydrogen) atoms. The van der Waals surface area contributed by atoms with Gasteiger partial charge in [-0.2, -0.15) is 9.29 Å². The molecule has 1 N–H and O–H groups in total. The van der Waals surface area contributed by atoms with E-state index in [1.54, 1.807) is 25.1 Å². The Bertz CT molecular complexity index is 1300. The molecule has 2 fully saturated rings. The number of benzene rings is 1. The predicted octanol–water partition coefficient (Wildman–Crippen LogP) is 4.16. The summed E-state index contributed by atoms with van der Waals surface area (Å²) in [5, 5.41) is 6.60. The first-order valence-corrected chi connectivity index (χ1v) is 13.1. The Morgan fingerprint density at radius 2 is 2.06 bits per heavy atom. The second-order valence-corrected chi connectivity index (χ2v) is 11.6. The summed E-state index contributed by atoms with van der Waals surface area (Å²) in [6.07, 6.45) is 3.14. The lowest BCUT2D eigenvalue weighted by Crippen LogP contribution is -2.43. The van der Waals surface area contributed by atoms with Gasteiger partial charge in [-0.15, -0.1) is 11.3 Å². The van der Waals surface area contributed by atoms with Crippen molar-refractivity contribution < 1.29 is 22.1 Å². The number of aryl methyl sites for hydroxylation is 1. The van der Waals surface area contributed by atoms with Crippen molar-refractivity contribution in [3.8, 4) is 10.7 Å². The largest absolute Gasteiger partial charge is 0.339 e. The fourth-order valence-electron chi connectivity index (χ4n) is 3.97. The summed E-state index contributed by atoms with van der Waals surface area (Å²) >= 11 is 1.30. The monoisotopic (exact) mass is 490 g/mol. The number of piperidine rings is 1. The lowest BCUT2D eigenvalue weighted by Gasteiger charge is -2.31. The molecule has 2 aromatic heterocycles. The van der Waals surface area contributed by atoms with Crippen molar-refractivity contribution >= 4 is 33.0 Å². The van der Waals surface area contributed by atoms with Crippen LogP contribution in [0.2, 0.25) is 0 Å². The maximum Gasteiger partial charge on any atom is 0.244 e. The van der Waals surface area contributed by atoms with Crippen LogP contribution in [-0.2, 0) is 14.8 Å². The van der Waals surface area contributed by atoms with Crippen molar-refractivity contribution in [2.75, 3.05) is 18.4 Å². The number of rotatable bonds is 6. The normalized spacial score (nSPS) is 19.5. The van der Waals surface area contributed by atoms with Crippen molar-refractivity contribution in [1.82, 2.24) is 14.4 Å². The number of amides is 1. The minimum Gasteiger partial charge on any atom is -0.339 e. The van der Waals surface area contributed by atoms with E-state index in [9.17, 15) is 17.6 Å². The third kappa shape index (κ3) is 4.44. The van der Waals surface area contributed by atoms with Gasteiger partial charge in [0, 0.05) is 23.9 Å². The van der Waals surface area contributed by atoms with Gasteiger partial charge in [-0.05, 0) is 50.8 Å². The van der Waals surface area contributed by atoms with E-state index >= 15 is 0 Å². The minimum absolute atomic E-state index is 0.0429. The van der Waals surface area contributed by atoms with Gasteiger partial charge >= 0.3 is 0 Å². The predicted molar refractivity (Wildman–Crippen MR) is 121 cm³/mol. The average molecular weight is 491 g/mol. The number of halogens is 1. The molecule has 0 radical (unpaired) electrons. The van der Waals surface area contributed by atoms with E-state index < -0.39 is 21.8 Å². The minimum atomic E-state index is -3.82. The van der Waals surface area contributed by atoms with Crippen LogP contribution in [0.4, 0.5) is 10.1 Å². The number of sulfonamides is 1. The number of anilines is 1. The van der Waals surface area contributed by atoms with Crippen LogP contribution in [0.5, 0.6) is 0 Å². The Morgan fingerprint density at radius 3 is 2.82 bits per heavy atom. The molecule has 11 heteroatoms. The van der Waals surface area contributed by atoms with Crippen LogP contribution in [0.25, 0.3) is 10.7 Å². The van der Waals surface area contributed by atoms with E-state index in [2.05, 4.69) is 15.5 Å². The van der Waals surface area contributed by atoms with Crippen molar-refractivity contribution in [1.29, 1.82) is 0 Å². The maximum atomic E-state index is 13.9. The molecule has 1 aliphatic carbocycles. The van der Waals surface area contributed by atoms with Gasteiger partial charge < -0.3 is 9.84 Å². The zero-order valence-electron chi connectivity index (χ0n) is 18.0. The van der Waals surface area contributed by atoms with E-state index in [0.717, 1.165) is 12.8 Å². The van der Waals surface area contributed by atoms with Crippen LogP contribution in [0.15, 0.2) is 39.8 Å². The van der Waals surface area contributed by atoms with Gasteiger partial charge in [-0.3, -0.25) is 4.79 Å². The van der Waals surface area contributed by atoms with Gasteiger partial charge in [0.25, 0.3) is 0 Å². The van der Waals surface area contributed by atoms with Crippen molar-refractivity contribution in [3.63, 3.8) is 0 Å². The highest BCUT2D eigenvalue weighted by Crippen LogP contribution is 2.41. The molecular formula is C22H23FN4O4S2. The van der Waals surface area contributed by atoms with Gasteiger partial charge in [-0.1, -0.05) is 17.3 Å². The first kappa shape index (κ1) is 22.2. The molecule has 0 bridgehead atoms. The third-order valence-electron chi connectivity index (χ3n) is 5.97. The summed E-state index contributed by atoms with van der Waals surface area (Å²) in [5.41, 5.74) is 0.0893. The number of hydrogen-bond acceptors (Lipinski definition) is 7. The number of nitrogens with one attached hydrogen (secondary N) is 1. The molecule has 174 valence electrons. The Balaban J connectivity index is 1.33. The fourth-order valence-corrected chi connectivity index (χ4v) is 6.98. The zero-order valence-corrected chi connectivity index (χ0v) is 19.6. The molecule has 1 aromatic carbocycles. The van der Waals surface area contributed by atoms with Crippen molar-refractivity contribution in [2.24, 2.45) is 5.92 Å². The number of hydrogen-bond donors (Lipinski definition) is 1. The highest BCUT2D eigenvalue weighted by molar-refractivity contribution is 7.89. The topological polar surface area (TPSA) is 105 Å². The van der Waals surface area contributed by atoms with Crippen LogP contribution >= 0.6 is 11.3 Å². The van der Waals surface area contributed by atoms with Crippen LogP contribution in [0.1, 0.15) is 42.4 Å².